The first kappa shape index (κ1) is 14.2. The molecule has 104 valence electrons. The van der Waals surface area contributed by atoms with Crippen LogP contribution in [-0.4, -0.2) is 48.8 Å². The van der Waals surface area contributed by atoms with Gasteiger partial charge in [-0.1, -0.05) is 0 Å². The summed E-state index contributed by atoms with van der Waals surface area (Å²) < 4.78 is 6.05. The van der Waals surface area contributed by atoms with Crippen LogP contribution in [0.15, 0.2) is 0 Å². The van der Waals surface area contributed by atoms with Crippen LogP contribution in [0, 0.1) is 0 Å². The van der Waals surface area contributed by atoms with Gasteiger partial charge < -0.3 is 15.4 Å². The summed E-state index contributed by atoms with van der Waals surface area (Å²) >= 11 is 2.02. The van der Waals surface area contributed by atoms with Crippen LogP contribution in [0.4, 0.5) is 0 Å². The summed E-state index contributed by atoms with van der Waals surface area (Å²) in [5.74, 6) is 2.48. The number of thioether (sulfide) groups is 1. The Morgan fingerprint density at radius 3 is 2.83 bits per heavy atom. The van der Waals surface area contributed by atoms with Gasteiger partial charge in [0.1, 0.15) is 0 Å². The molecule has 1 spiro atoms. The molecule has 2 N–H and O–H groups in total. The minimum atomic E-state index is -0.117. The lowest BCUT2D eigenvalue weighted by molar-refractivity contribution is -0.124. The molecule has 2 unspecified atom stereocenters. The van der Waals surface area contributed by atoms with E-state index in [0.29, 0.717) is 6.04 Å². The molecule has 0 aromatic carbocycles. The predicted molar refractivity (Wildman–Crippen MR) is 74.9 cm³/mol. The van der Waals surface area contributed by atoms with Crippen LogP contribution < -0.4 is 10.6 Å². The molecular formula is C13H24N2O2S. The topological polar surface area (TPSA) is 50.4 Å². The molecule has 0 aromatic heterocycles. The molecule has 2 aliphatic rings. The molecule has 0 saturated carbocycles. The van der Waals surface area contributed by atoms with Crippen molar-refractivity contribution in [2.45, 2.75) is 50.3 Å². The van der Waals surface area contributed by atoms with Gasteiger partial charge in [0.25, 0.3) is 0 Å². The van der Waals surface area contributed by atoms with Crippen LogP contribution in [0.5, 0.6) is 0 Å². The molecule has 2 fully saturated rings. The molecule has 1 amide bonds. The fourth-order valence-electron chi connectivity index (χ4n) is 2.91. The second-order valence-corrected chi connectivity index (χ2v) is 6.56. The Hall–Kier alpha value is -0.260. The van der Waals surface area contributed by atoms with Gasteiger partial charge in [-0.2, -0.15) is 11.8 Å². The average molecular weight is 272 g/mol. The molecule has 2 rings (SSSR count). The Labute approximate surface area is 114 Å². The number of hydrogen-bond acceptors (Lipinski definition) is 4. The van der Waals surface area contributed by atoms with Gasteiger partial charge in [0.05, 0.1) is 11.6 Å². The summed E-state index contributed by atoms with van der Waals surface area (Å²) in [6, 6.07) is 0.294. The SMILES string of the molecule is CNC(=O)C(C)NC1CCOC2(CCSCC2)C1. The van der Waals surface area contributed by atoms with Gasteiger partial charge in [0.2, 0.25) is 5.91 Å². The lowest BCUT2D eigenvalue weighted by atomic mass is 9.85. The molecule has 0 radical (unpaired) electrons. The molecule has 0 aromatic rings. The largest absolute Gasteiger partial charge is 0.375 e. The van der Waals surface area contributed by atoms with E-state index in [1.807, 2.05) is 18.7 Å². The highest BCUT2D eigenvalue weighted by Crippen LogP contribution is 2.37. The van der Waals surface area contributed by atoms with E-state index < -0.39 is 0 Å². The third kappa shape index (κ3) is 3.39. The molecule has 2 saturated heterocycles. The van der Waals surface area contributed by atoms with Crippen LogP contribution in [0.3, 0.4) is 0 Å². The van der Waals surface area contributed by atoms with E-state index in [1.165, 1.54) is 11.5 Å². The molecule has 2 atom stereocenters. The Morgan fingerprint density at radius 2 is 2.17 bits per heavy atom. The highest BCUT2D eigenvalue weighted by Gasteiger charge is 2.39. The maximum atomic E-state index is 11.5. The number of rotatable bonds is 3. The van der Waals surface area contributed by atoms with E-state index in [2.05, 4.69) is 10.6 Å². The molecule has 2 aliphatic heterocycles. The molecule has 0 bridgehead atoms. The zero-order valence-corrected chi connectivity index (χ0v) is 12.1. The van der Waals surface area contributed by atoms with Crippen LogP contribution in [-0.2, 0) is 9.53 Å². The summed E-state index contributed by atoms with van der Waals surface area (Å²) in [6.07, 6.45) is 4.37. The number of nitrogens with one attached hydrogen (secondary N) is 2. The quantitative estimate of drug-likeness (QED) is 0.809. The number of hydrogen-bond donors (Lipinski definition) is 2. The van der Waals surface area contributed by atoms with Crippen molar-refractivity contribution in [1.29, 1.82) is 0 Å². The van der Waals surface area contributed by atoms with E-state index in [0.717, 1.165) is 32.3 Å². The van der Waals surface area contributed by atoms with Crippen molar-refractivity contribution in [3.8, 4) is 0 Å². The maximum Gasteiger partial charge on any atom is 0.236 e. The zero-order valence-electron chi connectivity index (χ0n) is 11.3. The summed E-state index contributed by atoms with van der Waals surface area (Å²) in [5.41, 5.74) is 0.0869. The first-order chi connectivity index (χ1) is 8.65. The standard InChI is InChI=1S/C13H24N2O2S/c1-10(12(16)14-2)15-11-3-6-17-13(9-11)4-7-18-8-5-13/h10-11,15H,3-9H2,1-2H3,(H,14,16). The molecule has 2 heterocycles. The smallest absolute Gasteiger partial charge is 0.236 e. The van der Waals surface area contributed by atoms with Crippen molar-refractivity contribution in [3.63, 3.8) is 0 Å². The Kier molecular flexibility index (Phi) is 4.92. The second kappa shape index (κ2) is 6.26. The van der Waals surface area contributed by atoms with E-state index in [1.54, 1.807) is 7.05 Å². The molecule has 0 aliphatic carbocycles. The third-order valence-electron chi connectivity index (χ3n) is 4.02. The van der Waals surface area contributed by atoms with Gasteiger partial charge in [0, 0.05) is 19.7 Å². The predicted octanol–water partition coefficient (Wildman–Crippen LogP) is 1.16. The van der Waals surface area contributed by atoms with E-state index in [9.17, 15) is 4.79 Å². The third-order valence-corrected chi connectivity index (χ3v) is 5.01. The van der Waals surface area contributed by atoms with Gasteiger partial charge in [-0.25, -0.2) is 0 Å². The monoisotopic (exact) mass is 272 g/mol. The van der Waals surface area contributed by atoms with Crippen LogP contribution in [0.25, 0.3) is 0 Å². The minimum Gasteiger partial charge on any atom is -0.375 e. The van der Waals surface area contributed by atoms with Crippen molar-refractivity contribution in [3.05, 3.63) is 0 Å². The highest BCUT2D eigenvalue weighted by molar-refractivity contribution is 7.99. The molecule has 18 heavy (non-hydrogen) atoms. The van der Waals surface area contributed by atoms with E-state index in [4.69, 9.17) is 4.74 Å². The summed E-state index contributed by atoms with van der Waals surface area (Å²) in [7, 11) is 1.68. The van der Waals surface area contributed by atoms with Crippen molar-refractivity contribution >= 4 is 17.7 Å². The summed E-state index contributed by atoms with van der Waals surface area (Å²) in [6.45, 7) is 2.75. The van der Waals surface area contributed by atoms with Crippen molar-refractivity contribution in [2.24, 2.45) is 0 Å². The second-order valence-electron chi connectivity index (χ2n) is 5.34. The van der Waals surface area contributed by atoms with Crippen LogP contribution in [0.1, 0.15) is 32.6 Å². The van der Waals surface area contributed by atoms with Gasteiger partial charge >= 0.3 is 0 Å². The maximum absolute atomic E-state index is 11.5. The number of amides is 1. The summed E-state index contributed by atoms with van der Waals surface area (Å²) in [5, 5.41) is 6.13. The minimum absolute atomic E-state index is 0.0646. The lowest BCUT2D eigenvalue weighted by Crippen LogP contribution is -2.53. The van der Waals surface area contributed by atoms with Gasteiger partial charge in [-0.15, -0.1) is 0 Å². The van der Waals surface area contributed by atoms with Crippen molar-refractivity contribution in [2.75, 3.05) is 25.2 Å². The molecular weight excluding hydrogens is 248 g/mol. The highest BCUT2D eigenvalue weighted by atomic mass is 32.2. The normalized spacial score (nSPS) is 28.9. The Balaban J connectivity index is 1.88. The van der Waals surface area contributed by atoms with Crippen molar-refractivity contribution in [1.82, 2.24) is 10.6 Å². The fourth-order valence-corrected chi connectivity index (χ4v) is 4.14. The van der Waals surface area contributed by atoms with Gasteiger partial charge in [-0.3, -0.25) is 4.79 Å². The van der Waals surface area contributed by atoms with Gasteiger partial charge in [-0.05, 0) is 44.1 Å². The number of ether oxygens (including phenoxy) is 1. The van der Waals surface area contributed by atoms with Crippen molar-refractivity contribution < 1.29 is 9.53 Å². The lowest BCUT2D eigenvalue weighted by Gasteiger charge is -2.44. The van der Waals surface area contributed by atoms with E-state index >= 15 is 0 Å². The number of carbonyl (C=O) groups excluding carboxylic acids is 1. The Bertz CT molecular complexity index is 287. The Morgan fingerprint density at radius 1 is 1.44 bits per heavy atom. The van der Waals surface area contributed by atoms with Gasteiger partial charge in [0.15, 0.2) is 0 Å². The average Bonchev–Trinajstić information content (AvgIpc) is 2.38. The first-order valence-corrected chi connectivity index (χ1v) is 8.00. The van der Waals surface area contributed by atoms with Crippen LogP contribution >= 0.6 is 11.8 Å². The summed E-state index contributed by atoms with van der Waals surface area (Å²) in [4.78, 5) is 11.5. The number of likely N-dealkylation sites (N-methyl/N-ethyl adjacent to an activating group) is 1. The number of carbonyl (C=O) groups is 1. The fraction of sp³-hybridized carbons (Fsp3) is 0.923. The zero-order chi connectivity index (χ0) is 13.0. The van der Waals surface area contributed by atoms with Crippen LogP contribution in [0.2, 0.25) is 0 Å². The van der Waals surface area contributed by atoms with E-state index in [-0.39, 0.29) is 17.6 Å². The molecule has 5 heteroatoms. The first-order valence-electron chi connectivity index (χ1n) is 6.84. The molecule has 4 nitrogen and oxygen atoms in total.